The van der Waals surface area contributed by atoms with Gasteiger partial charge in [0.25, 0.3) is 0 Å². The molecule has 0 radical (unpaired) electrons. The zero-order chi connectivity index (χ0) is 23.6. The van der Waals surface area contributed by atoms with Crippen molar-refractivity contribution in [3.63, 3.8) is 0 Å². The van der Waals surface area contributed by atoms with Gasteiger partial charge in [0.15, 0.2) is 5.17 Å². The molecule has 0 N–H and O–H groups in total. The second-order valence-corrected chi connectivity index (χ2v) is 8.86. The maximum absolute atomic E-state index is 6.26. The molecule has 3 rings (SSSR count). The number of aliphatic imine (C=N–C) groups is 1. The average Bonchev–Trinajstić information content (AvgIpc) is 2.84. The van der Waals surface area contributed by atoms with Gasteiger partial charge in [-0.05, 0) is 59.3 Å². The maximum atomic E-state index is 6.26. The number of halogens is 1. The summed E-state index contributed by atoms with van der Waals surface area (Å²) in [5.41, 5.74) is 3.02. The van der Waals surface area contributed by atoms with Crippen LogP contribution in [0.4, 0.5) is 5.69 Å². The van der Waals surface area contributed by atoms with Crippen LogP contribution in [0.15, 0.2) is 71.7 Å². The molecule has 0 spiro atoms. The highest BCUT2D eigenvalue weighted by Gasteiger charge is 2.16. The molecule has 33 heavy (non-hydrogen) atoms. The lowest BCUT2D eigenvalue weighted by Gasteiger charge is -2.26. The number of hydrogen-bond acceptors (Lipinski definition) is 5. The van der Waals surface area contributed by atoms with Crippen molar-refractivity contribution in [2.24, 2.45) is 4.99 Å². The van der Waals surface area contributed by atoms with Crippen molar-refractivity contribution in [2.75, 3.05) is 27.1 Å². The molecule has 0 unspecified atom stereocenters. The Morgan fingerprint density at radius 3 is 1.82 bits per heavy atom. The number of rotatable bonds is 9. The van der Waals surface area contributed by atoms with Gasteiger partial charge in [-0.2, -0.15) is 0 Å². The van der Waals surface area contributed by atoms with E-state index < -0.39 is 0 Å². The molecule has 3 aromatic carbocycles. The molecule has 0 saturated carbocycles. The Bertz CT molecular complexity index is 1010. The first kappa shape index (κ1) is 24.8. The fraction of sp³-hybridized carbons (Fsp3) is 0.269. The minimum atomic E-state index is 0.618. The van der Waals surface area contributed by atoms with Crippen molar-refractivity contribution in [3.05, 3.63) is 82.9 Å². The molecule has 0 saturated heterocycles. The van der Waals surface area contributed by atoms with E-state index in [1.807, 2.05) is 36.4 Å². The first-order valence-electron chi connectivity index (χ1n) is 10.6. The van der Waals surface area contributed by atoms with Crippen LogP contribution in [0.3, 0.4) is 0 Å². The summed E-state index contributed by atoms with van der Waals surface area (Å²) in [6, 6.07) is 21.7. The van der Waals surface area contributed by atoms with Crippen LogP contribution < -0.4 is 14.2 Å². The van der Waals surface area contributed by atoms with E-state index in [1.165, 1.54) is 0 Å². The van der Waals surface area contributed by atoms with Crippen LogP contribution in [-0.4, -0.2) is 37.1 Å². The minimum absolute atomic E-state index is 0.618. The van der Waals surface area contributed by atoms with Gasteiger partial charge in [-0.1, -0.05) is 54.6 Å². The van der Waals surface area contributed by atoms with E-state index in [0.717, 1.165) is 33.5 Å². The van der Waals surface area contributed by atoms with Crippen molar-refractivity contribution in [3.8, 4) is 17.2 Å². The van der Waals surface area contributed by atoms with Gasteiger partial charge in [0.2, 0.25) is 0 Å². The van der Waals surface area contributed by atoms with Gasteiger partial charge < -0.3 is 19.1 Å². The third-order valence-corrected chi connectivity index (χ3v) is 6.10. The van der Waals surface area contributed by atoms with Crippen LogP contribution in [0, 0.1) is 0 Å². The number of benzene rings is 3. The van der Waals surface area contributed by atoms with Crippen molar-refractivity contribution in [2.45, 2.75) is 20.0 Å². The molecule has 0 aromatic heterocycles. The van der Waals surface area contributed by atoms with E-state index in [-0.39, 0.29) is 0 Å². The standard InChI is InChI=1S/C26H29ClN2O3S/c1-5-33-26(28-24-16-21(27)10-15-25(24)32-4)29(17-19-6-11-22(30-2)12-7-19)18-20-8-13-23(31-3)14-9-20/h6-16H,5,17-18H2,1-4H3. The highest BCUT2D eigenvalue weighted by molar-refractivity contribution is 8.13. The van der Waals surface area contributed by atoms with Gasteiger partial charge >= 0.3 is 0 Å². The molecule has 0 aliphatic carbocycles. The molecule has 3 aromatic rings. The molecule has 0 fully saturated rings. The number of nitrogens with zero attached hydrogens (tertiary/aromatic N) is 2. The van der Waals surface area contributed by atoms with Crippen molar-refractivity contribution >= 4 is 34.2 Å². The van der Waals surface area contributed by atoms with E-state index in [4.69, 9.17) is 30.8 Å². The summed E-state index contributed by atoms with van der Waals surface area (Å²) in [5, 5.41) is 1.51. The third kappa shape index (κ3) is 7.07. The van der Waals surface area contributed by atoms with Gasteiger partial charge in [-0.25, -0.2) is 4.99 Å². The number of methoxy groups -OCH3 is 3. The summed E-state index contributed by atoms with van der Waals surface area (Å²) < 4.78 is 16.2. The Balaban J connectivity index is 1.99. The van der Waals surface area contributed by atoms with E-state index >= 15 is 0 Å². The summed E-state index contributed by atoms with van der Waals surface area (Å²) in [5.74, 6) is 3.23. The second-order valence-electron chi connectivity index (χ2n) is 7.20. The fourth-order valence-corrected chi connectivity index (χ4v) is 4.17. The van der Waals surface area contributed by atoms with E-state index in [9.17, 15) is 0 Å². The Hall–Kier alpha value is -2.83. The van der Waals surface area contributed by atoms with Gasteiger partial charge in [-0.3, -0.25) is 0 Å². The number of ether oxygens (including phenoxy) is 3. The normalized spacial score (nSPS) is 11.2. The summed E-state index contributed by atoms with van der Waals surface area (Å²) in [6.45, 7) is 3.49. The second kappa shape index (κ2) is 12.4. The lowest BCUT2D eigenvalue weighted by atomic mass is 10.1. The summed E-state index contributed by atoms with van der Waals surface area (Å²) in [4.78, 5) is 7.25. The first-order valence-corrected chi connectivity index (χ1v) is 12.0. The Morgan fingerprint density at radius 1 is 0.818 bits per heavy atom. The molecule has 0 aliphatic heterocycles. The fourth-order valence-electron chi connectivity index (χ4n) is 3.27. The van der Waals surface area contributed by atoms with Crippen LogP contribution in [-0.2, 0) is 13.1 Å². The van der Waals surface area contributed by atoms with E-state index in [1.54, 1.807) is 39.2 Å². The molecule has 0 amide bonds. The molecule has 5 nitrogen and oxygen atoms in total. The zero-order valence-corrected chi connectivity index (χ0v) is 20.9. The Kier molecular flexibility index (Phi) is 9.34. The Morgan fingerprint density at radius 2 is 1.36 bits per heavy atom. The third-order valence-electron chi connectivity index (χ3n) is 4.97. The number of amidine groups is 1. The maximum Gasteiger partial charge on any atom is 0.165 e. The average molecular weight is 485 g/mol. The zero-order valence-electron chi connectivity index (χ0n) is 19.4. The summed E-state index contributed by atoms with van der Waals surface area (Å²) in [6.07, 6.45) is 0. The van der Waals surface area contributed by atoms with Crippen LogP contribution >= 0.6 is 23.4 Å². The quantitative estimate of drug-likeness (QED) is 0.246. The largest absolute Gasteiger partial charge is 0.497 e. The molecular weight excluding hydrogens is 456 g/mol. The van der Waals surface area contributed by atoms with Crippen LogP contribution in [0.2, 0.25) is 5.02 Å². The van der Waals surface area contributed by atoms with Gasteiger partial charge in [0.05, 0.1) is 21.3 Å². The minimum Gasteiger partial charge on any atom is -0.497 e. The number of hydrogen-bond donors (Lipinski definition) is 0. The smallest absolute Gasteiger partial charge is 0.165 e. The van der Waals surface area contributed by atoms with Crippen molar-refractivity contribution in [1.29, 1.82) is 0 Å². The summed E-state index contributed by atoms with van der Waals surface area (Å²) in [7, 11) is 4.99. The van der Waals surface area contributed by atoms with Crippen LogP contribution in [0.1, 0.15) is 18.1 Å². The lowest BCUT2D eigenvalue weighted by Crippen LogP contribution is -2.28. The first-order chi connectivity index (χ1) is 16.1. The highest BCUT2D eigenvalue weighted by atomic mass is 35.5. The van der Waals surface area contributed by atoms with Crippen LogP contribution in [0.25, 0.3) is 0 Å². The molecule has 0 atom stereocenters. The lowest BCUT2D eigenvalue weighted by molar-refractivity contribution is 0.404. The van der Waals surface area contributed by atoms with Gasteiger partial charge in [-0.15, -0.1) is 0 Å². The van der Waals surface area contributed by atoms with E-state index in [2.05, 4.69) is 36.1 Å². The predicted octanol–water partition coefficient (Wildman–Crippen LogP) is 6.81. The molecule has 174 valence electrons. The van der Waals surface area contributed by atoms with Crippen LogP contribution in [0.5, 0.6) is 17.2 Å². The molecule has 0 heterocycles. The summed E-state index contributed by atoms with van der Waals surface area (Å²) >= 11 is 7.95. The highest BCUT2D eigenvalue weighted by Crippen LogP contribution is 2.32. The van der Waals surface area contributed by atoms with Gasteiger partial charge in [0, 0.05) is 18.1 Å². The topological polar surface area (TPSA) is 43.3 Å². The van der Waals surface area contributed by atoms with Crippen molar-refractivity contribution in [1.82, 2.24) is 4.90 Å². The predicted molar refractivity (Wildman–Crippen MR) is 138 cm³/mol. The van der Waals surface area contributed by atoms with Gasteiger partial charge in [0.1, 0.15) is 22.9 Å². The SMILES string of the molecule is CCSC(=Nc1cc(Cl)ccc1OC)N(Cc1ccc(OC)cc1)Cc1ccc(OC)cc1. The number of thioether (sulfide) groups is 1. The molecule has 0 aliphatic rings. The Labute approximate surface area is 205 Å². The molecule has 7 heteroatoms. The van der Waals surface area contributed by atoms with E-state index in [0.29, 0.717) is 29.5 Å². The van der Waals surface area contributed by atoms with Crippen molar-refractivity contribution < 1.29 is 14.2 Å². The monoisotopic (exact) mass is 484 g/mol. The molecule has 0 bridgehead atoms. The molecular formula is C26H29ClN2O3S.